The number of aromatic nitrogens is 1. The first-order valence-electron chi connectivity index (χ1n) is 12.0. The molecule has 0 aliphatic carbocycles. The predicted octanol–water partition coefficient (Wildman–Crippen LogP) is 4.59. The molecule has 39 heavy (non-hydrogen) atoms. The number of anilines is 1. The third-order valence-corrected chi connectivity index (χ3v) is 7.45. The number of nitrogens with zero attached hydrogens (tertiary/aromatic N) is 2. The second-order valence-electron chi connectivity index (χ2n) is 8.56. The molecule has 0 radical (unpaired) electrons. The molecule has 204 valence electrons. The summed E-state index contributed by atoms with van der Waals surface area (Å²) >= 11 is 0.924. The monoisotopic (exact) mass is 552 g/mol. The van der Waals surface area contributed by atoms with E-state index in [-0.39, 0.29) is 33.7 Å². The highest BCUT2D eigenvalue weighted by atomic mass is 32.1. The third kappa shape index (κ3) is 4.81. The fraction of sp³-hybridized carbons (Fsp3) is 0.286. The molecular weight excluding hydrogens is 524 g/mol. The number of esters is 1. The SMILES string of the molecule is CCOC(=O)c1sc(N2C(=O)C(=O)/C(=C(/O)c3ccc(OC)cc3C)[C@H]2c2cccc(OC)c2OC)nc1C. The van der Waals surface area contributed by atoms with Crippen LogP contribution in [0.25, 0.3) is 5.76 Å². The van der Waals surface area contributed by atoms with Crippen molar-refractivity contribution in [2.45, 2.75) is 26.8 Å². The van der Waals surface area contributed by atoms with E-state index >= 15 is 0 Å². The summed E-state index contributed by atoms with van der Waals surface area (Å²) in [6, 6.07) is 8.87. The topological polar surface area (TPSA) is 124 Å². The average Bonchev–Trinajstić information content (AvgIpc) is 3.44. The molecule has 10 nitrogen and oxygen atoms in total. The number of aliphatic hydroxyl groups excluding tert-OH is 1. The van der Waals surface area contributed by atoms with Gasteiger partial charge in [0.2, 0.25) is 0 Å². The minimum atomic E-state index is -1.14. The molecule has 3 aromatic rings. The molecular formula is C28H28N2O8S. The van der Waals surface area contributed by atoms with Gasteiger partial charge in [0, 0.05) is 11.1 Å². The molecule has 4 rings (SSSR count). The van der Waals surface area contributed by atoms with Crippen molar-refractivity contribution in [3.05, 3.63) is 69.2 Å². The Morgan fingerprint density at radius 1 is 1.08 bits per heavy atom. The maximum Gasteiger partial charge on any atom is 0.350 e. The van der Waals surface area contributed by atoms with Crippen LogP contribution in [0.15, 0.2) is 42.0 Å². The lowest BCUT2D eigenvalue weighted by Crippen LogP contribution is -2.29. The van der Waals surface area contributed by atoms with Gasteiger partial charge in [-0.1, -0.05) is 23.5 Å². The number of ether oxygens (including phenoxy) is 4. The van der Waals surface area contributed by atoms with E-state index in [1.807, 2.05) is 0 Å². The lowest BCUT2D eigenvalue weighted by molar-refractivity contribution is -0.132. The van der Waals surface area contributed by atoms with Gasteiger partial charge in [0.15, 0.2) is 16.6 Å². The van der Waals surface area contributed by atoms with E-state index in [0.29, 0.717) is 33.9 Å². The molecule has 1 N–H and O–H groups in total. The summed E-state index contributed by atoms with van der Waals surface area (Å²) < 4.78 is 21.5. The van der Waals surface area contributed by atoms with Gasteiger partial charge in [-0.05, 0) is 50.6 Å². The number of ketones is 1. The number of para-hydroxylation sites is 1. The molecule has 0 bridgehead atoms. The molecule has 0 unspecified atom stereocenters. The number of Topliss-reactive ketones (excluding diaryl/α,β-unsaturated/α-hetero) is 1. The largest absolute Gasteiger partial charge is 0.507 e. The summed E-state index contributed by atoms with van der Waals surface area (Å²) in [6.07, 6.45) is 0. The van der Waals surface area contributed by atoms with Crippen LogP contribution in [0.1, 0.15) is 45.0 Å². The molecule has 0 spiro atoms. The Hall–Kier alpha value is -4.38. The number of carbonyl (C=O) groups is 3. The first kappa shape index (κ1) is 27.6. The van der Waals surface area contributed by atoms with E-state index in [0.717, 1.165) is 11.3 Å². The lowest BCUT2D eigenvalue weighted by Gasteiger charge is -2.25. The van der Waals surface area contributed by atoms with Gasteiger partial charge >= 0.3 is 11.9 Å². The highest BCUT2D eigenvalue weighted by Crippen LogP contribution is 2.48. The number of rotatable bonds is 8. The summed E-state index contributed by atoms with van der Waals surface area (Å²) in [5.41, 5.74) is 1.55. The molecule has 1 saturated heterocycles. The molecule has 2 aromatic carbocycles. The van der Waals surface area contributed by atoms with Crippen LogP contribution in [0.5, 0.6) is 17.2 Å². The molecule has 1 amide bonds. The summed E-state index contributed by atoms with van der Waals surface area (Å²) in [4.78, 5) is 45.5. The third-order valence-electron chi connectivity index (χ3n) is 6.31. The van der Waals surface area contributed by atoms with Crippen LogP contribution < -0.4 is 19.1 Å². The van der Waals surface area contributed by atoms with Crippen LogP contribution in [0.4, 0.5) is 5.13 Å². The van der Waals surface area contributed by atoms with Crippen molar-refractivity contribution < 1.29 is 38.4 Å². The van der Waals surface area contributed by atoms with Gasteiger partial charge in [0.05, 0.1) is 39.2 Å². The van der Waals surface area contributed by atoms with Gasteiger partial charge in [0.25, 0.3) is 5.78 Å². The number of carbonyl (C=O) groups excluding carboxylic acids is 3. The molecule has 1 atom stereocenters. The summed E-state index contributed by atoms with van der Waals surface area (Å²) in [6.45, 7) is 5.22. The van der Waals surface area contributed by atoms with Crippen LogP contribution in [-0.4, -0.2) is 55.7 Å². The Bertz CT molecular complexity index is 1490. The first-order valence-corrected chi connectivity index (χ1v) is 12.8. The van der Waals surface area contributed by atoms with E-state index in [1.165, 1.54) is 26.2 Å². The fourth-order valence-electron chi connectivity index (χ4n) is 4.50. The van der Waals surface area contributed by atoms with Gasteiger partial charge in [0.1, 0.15) is 22.4 Å². The molecule has 1 aliphatic heterocycles. The Morgan fingerprint density at radius 3 is 2.44 bits per heavy atom. The van der Waals surface area contributed by atoms with Crippen molar-refractivity contribution in [1.82, 2.24) is 4.98 Å². The standard InChI is InChI=1S/C28H28N2O8S/c1-7-38-27(34)25-15(3)29-28(39-25)30-21(18-9-8-10-19(36-5)24(18)37-6)20(23(32)26(30)33)22(31)17-12-11-16(35-4)13-14(17)2/h8-13,21,31H,7H2,1-6H3/b22-20+/t21-/m1/s1. The van der Waals surface area contributed by atoms with Gasteiger partial charge in [-0.15, -0.1) is 0 Å². The number of thiazole rings is 1. The van der Waals surface area contributed by atoms with E-state index in [2.05, 4.69) is 4.98 Å². The number of aryl methyl sites for hydroxylation is 2. The van der Waals surface area contributed by atoms with Crippen molar-refractivity contribution in [3.8, 4) is 17.2 Å². The van der Waals surface area contributed by atoms with Crippen LogP contribution in [0.2, 0.25) is 0 Å². The number of aliphatic hydroxyl groups is 1. The number of hydrogen-bond donors (Lipinski definition) is 1. The number of methoxy groups -OCH3 is 3. The highest BCUT2D eigenvalue weighted by molar-refractivity contribution is 7.17. The van der Waals surface area contributed by atoms with Gasteiger partial charge < -0.3 is 24.1 Å². The zero-order chi connectivity index (χ0) is 28.4. The van der Waals surface area contributed by atoms with Crippen molar-refractivity contribution >= 4 is 39.9 Å². The summed E-state index contributed by atoms with van der Waals surface area (Å²) in [7, 11) is 4.43. The first-order chi connectivity index (χ1) is 18.7. The Kier molecular flexibility index (Phi) is 7.91. The van der Waals surface area contributed by atoms with E-state index in [4.69, 9.17) is 18.9 Å². The highest BCUT2D eigenvalue weighted by Gasteiger charge is 2.49. The second kappa shape index (κ2) is 11.2. The van der Waals surface area contributed by atoms with Crippen LogP contribution in [0, 0.1) is 13.8 Å². The lowest BCUT2D eigenvalue weighted by atomic mass is 9.93. The molecule has 1 aromatic heterocycles. The van der Waals surface area contributed by atoms with Gasteiger partial charge in [-0.3, -0.25) is 14.5 Å². The molecule has 0 saturated carbocycles. The van der Waals surface area contributed by atoms with Crippen LogP contribution in [-0.2, 0) is 14.3 Å². The maximum absolute atomic E-state index is 13.6. The summed E-state index contributed by atoms with van der Waals surface area (Å²) in [5, 5.41) is 11.6. The molecule has 1 fully saturated rings. The zero-order valence-electron chi connectivity index (χ0n) is 22.4. The second-order valence-corrected chi connectivity index (χ2v) is 9.54. The maximum atomic E-state index is 13.6. The smallest absolute Gasteiger partial charge is 0.350 e. The summed E-state index contributed by atoms with van der Waals surface area (Å²) in [5.74, 6) is -1.58. The fourth-order valence-corrected chi connectivity index (χ4v) is 5.48. The minimum absolute atomic E-state index is 0.0954. The Labute approximate surface area is 229 Å². The average molecular weight is 553 g/mol. The molecule has 1 aliphatic rings. The van der Waals surface area contributed by atoms with Crippen molar-refractivity contribution in [3.63, 3.8) is 0 Å². The van der Waals surface area contributed by atoms with E-state index in [1.54, 1.807) is 57.2 Å². The quantitative estimate of drug-likeness (QED) is 0.185. The normalized spacial score (nSPS) is 16.4. The van der Waals surface area contributed by atoms with Crippen molar-refractivity contribution in [2.75, 3.05) is 32.8 Å². The Balaban J connectivity index is 2.00. The van der Waals surface area contributed by atoms with Crippen LogP contribution >= 0.6 is 11.3 Å². The van der Waals surface area contributed by atoms with Crippen LogP contribution in [0.3, 0.4) is 0 Å². The number of amides is 1. The molecule has 11 heteroatoms. The van der Waals surface area contributed by atoms with Crippen molar-refractivity contribution in [1.29, 1.82) is 0 Å². The van der Waals surface area contributed by atoms with Crippen molar-refractivity contribution in [2.24, 2.45) is 0 Å². The molecule has 2 heterocycles. The predicted molar refractivity (Wildman–Crippen MR) is 145 cm³/mol. The van der Waals surface area contributed by atoms with E-state index < -0.39 is 23.7 Å². The number of hydrogen-bond acceptors (Lipinski definition) is 10. The zero-order valence-corrected chi connectivity index (χ0v) is 23.2. The Morgan fingerprint density at radius 2 is 1.82 bits per heavy atom. The number of benzene rings is 2. The van der Waals surface area contributed by atoms with Gasteiger partial charge in [-0.25, -0.2) is 9.78 Å². The minimum Gasteiger partial charge on any atom is -0.507 e. The van der Waals surface area contributed by atoms with Gasteiger partial charge in [-0.2, -0.15) is 0 Å². The van der Waals surface area contributed by atoms with E-state index in [9.17, 15) is 19.5 Å².